The molecule has 0 saturated heterocycles. The van der Waals surface area contributed by atoms with E-state index < -0.39 is 22.0 Å². The standard InChI is InChI=1S/C25H35N3O4S/c1-7-23(25(30)26-18(2)3)27(16-21-12-8-10-19(4)14-21)24(29)17-28(33(6,31)32)22-13-9-11-20(5)15-22/h8-15,18,23H,7,16-17H2,1-6H3,(H,26,30). The van der Waals surface area contributed by atoms with E-state index in [-0.39, 0.29) is 25.0 Å². The molecule has 0 saturated carbocycles. The summed E-state index contributed by atoms with van der Waals surface area (Å²) < 4.78 is 26.3. The number of anilines is 1. The Bertz CT molecular complexity index is 1080. The second kappa shape index (κ2) is 11.3. The Morgan fingerprint density at radius 1 is 1.00 bits per heavy atom. The minimum atomic E-state index is -3.73. The maximum Gasteiger partial charge on any atom is 0.244 e. The van der Waals surface area contributed by atoms with Crippen molar-refractivity contribution in [3.63, 3.8) is 0 Å². The van der Waals surface area contributed by atoms with Gasteiger partial charge in [0.2, 0.25) is 21.8 Å². The van der Waals surface area contributed by atoms with Gasteiger partial charge in [0.1, 0.15) is 12.6 Å². The summed E-state index contributed by atoms with van der Waals surface area (Å²) in [4.78, 5) is 28.0. The Morgan fingerprint density at radius 2 is 1.61 bits per heavy atom. The third kappa shape index (κ3) is 7.60. The number of aryl methyl sites for hydroxylation is 2. The predicted molar refractivity (Wildman–Crippen MR) is 132 cm³/mol. The Labute approximate surface area is 197 Å². The molecule has 0 aromatic heterocycles. The molecule has 2 aromatic rings. The van der Waals surface area contributed by atoms with Gasteiger partial charge in [-0.3, -0.25) is 13.9 Å². The number of benzene rings is 2. The number of sulfonamides is 1. The molecule has 1 unspecified atom stereocenters. The van der Waals surface area contributed by atoms with Gasteiger partial charge in [-0.1, -0.05) is 48.9 Å². The fraction of sp³-hybridized carbons (Fsp3) is 0.440. The van der Waals surface area contributed by atoms with Gasteiger partial charge in [0.25, 0.3) is 0 Å². The lowest BCUT2D eigenvalue weighted by molar-refractivity contribution is -0.140. The molecule has 2 amide bonds. The quantitative estimate of drug-likeness (QED) is 0.573. The molecule has 0 aliphatic heterocycles. The van der Waals surface area contributed by atoms with Gasteiger partial charge in [0.15, 0.2) is 0 Å². The van der Waals surface area contributed by atoms with Gasteiger partial charge >= 0.3 is 0 Å². The number of amides is 2. The van der Waals surface area contributed by atoms with Crippen molar-refractivity contribution in [3.8, 4) is 0 Å². The first-order chi connectivity index (χ1) is 15.4. The van der Waals surface area contributed by atoms with E-state index >= 15 is 0 Å². The summed E-state index contributed by atoms with van der Waals surface area (Å²) in [5.41, 5.74) is 3.21. The highest BCUT2D eigenvalue weighted by atomic mass is 32.2. The number of hydrogen-bond donors (Lipinski definition) is 1. The van der Waals surface area contributed by atoms with E-state index in [2.05, 4.69) is 5.32 Å². The van der Waals surface area contributed by atoms with Crippen LogP contribution in [0, 0.1) is 13.8 Å². The van der Waals surface area contributed by atoms with Crippen LogP contribution in [0.1, 0.15) is 43.9 Å². The molecular formula is C25H35N3O4S. The maximum atomic E-state index is 13.6. The number of hydrogen-bond acceptors (Lipinski definition) is 4. The molecule has 1 N–H and O–H groups in total. The summed E-state index contributed by atoms with van der Waals surface area (Å²) in [5, 5.41) is 2.88. The summed E-state index contributed by atoms with van der Waals surface area (Å²) in [6.07, 6.45) is 1.48. The molecule has 2 aromatic carbocycles. The Kier molecular flexibility index (Phi) is 9.05. The van der Waals surface area contributed by atoms with Crippen LogP contribution in [0.5, 0.6) is 0 Å². The largest absolute Gasteiger partial charge is 0.352 e. The molecule has 0 radical (unpaired) electrons. The molecule has 180 valence electrons. The third-order valence-electron chi connectivity index (χ3n) is 5.22. The van der Waals surface area contributed by atoms with Gasteiger partial charge in [-0.2, -0.15) is 0 Å². The van der Waals surface area contributed by atoms with E-state index in [1.165, 1.54) is 4.90 Å². The molecule has 0 heterocycles. The Balaban J connectivity index is 2.44. The van der Waals surface area contributed by atoms with Gasteiger partial charge < -0.3 is 10.2 Å². The van der Waals surface area contributed by atoms with Crippen molar-refractivity contribution in [2.75, 3.05) is 17.1 Å². The van der Waals surface area contributed by atoms with Crippen LogP contribution in [0.4, 0.5) is 5.69 Å². The summed E-state index contributed by atoms with van der Waals surface area (Å²) in [5.74, 6) is -0.691. The van der Waals surface area contributed by atoms with Crippen LogP contribution < -0.4 is 9.62 Å². The second-order valence-electron chi connectivity index (χ2n) is 8.71. The average Bonchev–Trinajstić information content (AvgIpc) is 2.70. The third-order valence-corrected chi connectivity index (χ3v) is 6.36. The molecule has 0 spiro atoms. The number of carbonyl (C=O) groups excluding carboxylic acids is 2. The van der Waals surface area contributed by atoms with Crippen LogP contribution in [0.25, 0.3) is 0 Å². The van der Waals surface area contributed by atoms with E-state index in [0.717, 1.165) is 27.3 Å². The fourth-order valence-electron chi connectivity index (χ4n) is 3.70. The predicted octanol–water partition coefficient (Wildman–Crippen LogP) is 3.40. The van der Waals surface area contributed by atoms with Crippen LogP contribution in [0.15, 0.2) is 48.5 Å². The zero-order valence-corrected chi connectivity index (χ0v) is 21.1. The maximum absolute atomic E-state index is 13.6. The van der Waals surface area contributed by atoms with Crippen molar-refractivity contribution < 1.29 is 18.0 Å². The number of nitrogens with zero attached hydrogens (tertiary/aromatic N) is 2. The first-order valence-electron chi connectivity index (χ1n) is 11.1. The lowest BCUT2D eigenvalue weighted by Gasteiger charge is -2.33. The molecule has 8 heteroatoms. The lowest BCUT2D eigenvalue weighted by atomic mass is 10.1. The molecule has 33 heavy (non-hydrogen) atoms. The molecular weight excluding hydrogens is 438 g/mol. The van der Waals surface area contributed by atoms with Crippen molar-refractivity contribution in [2.24, 2.45) is 0 Å². The highest BCUT2D eigenvalue weighted by Crippen LogP contribution is 2.21. The van der Waals surface area contributed by atoms with Crippen LogP contribution in [-0.4, -0.2) is 50.0 Å². The van der Waals surface area contributed by atoms with E-state index in [1.807, 2.05) is 65.0 Å². The van der Waals surface area contributed by atoms with E-state index in [1.54, 1.807) is 18.2 Å². The Hall–Kier alpha value is -2.87. The Morgan fingerprint density at radius 3 is 2.12 bits per heavy atom. The van der Waals surface area contributed by atoms with Gasteiger partial charge in [-0.25, -0.2) is 8.42 Å². The monoisotopic (exact) mass is 473 g/mol. The molecule has 0 aliphatic rings. The van der Waals surface area contributed by atoms with Crippen molar-refractivity contribution in [1.82, 2.24) is 10.2 Å². The van der Waals surface area contributed by atoms with Crippen LogP contribution in [-0.2, 0) is 26.2 Å². The average molecular weight is 474 g/mol. The zero-order chi connectivity index (χ0) is 24.8. The van der Waals surface area contributed by atoms with Gasteiger partial charge in [0, 0.05) is 12.6 Å². The summed E-state index contributed by atoms with van der Waals surface area (Å²) in [6.45, 7) is 9.20. The molecule has 7 nitrogen and oxygen atoms in total. The SMILES string of the molecule is CCC(C(=O)NC(C)C)N(Cc1cccc(C)c1)C(=O)CN(c1cccc(C)c1)S(C)(=O)=O. The van der Waals surface area contributed by atoms with Crippen LogP contribution in [0.3, 0.4) is 0 Å². The molecule has 1 atom stereocenters. The first kappa shape index (κ1) is 26.4. The topological polar surface area (TPSA) is 86.8 Å². The summed E-state index contributed by atoms with van der Waals surface area (Å²) in [7, 11) is -3.73. The summed E-state index contributed by atoms with van der Waals surface area (Å²) in [6, 6.07) is 13.9. The number of rotatable bonds is 10. The normalized spacial score (nSPS) is 12.3. The molecule has 2 rings (SSSR count). The first-order valence-corrected chi connectivity index (χ1v) is 13.0. The fourth-order valence-corrected chi connectivity index (χ4v) is 4.55. The van der Waals surface area contributed by atoms with E-state index in [4.69, 9.17) is 0 Å². The van der Waals surface area contributed by atoms with Crippen LogP contribution >= 0.6 is 0 Å². The second-order valence-corrected chi connectivity index (χ2v) is 10.6. The zero-order valence-electron chi connectivity index (χ0n) is 20.3. The lowest BCUT2D eigenvalue weighted by Crippen LogP contribution is -2.53. The van der Waals surface area contributed by atoms with Crippen molar-refractivity contribution in [3.05, 3.63) is 65.2 Å². The highest BCUT2D eigenvalue weighted by molar-refractivity contribution is 7.92. The van der Waals surface area contributed by atoms with Gasteiger partial charge in [-0.05, 0) is 57.4 Å². The minimum Gasteiger partial charge on any atom is -0.352 e. The van der Waals surface area contributed by atoms with Crippen molar-refractivity contribution in [1.29, 1.82) is 0 Å². The summed E-state index contributed by atoms with van der Waals surface area (Å²) >= 11 is 0. The van der Waals surface area contributed by atoms with Crippen LogP contribution in [0.2, 0.25) is 0 Å². The minimum absolute atomic E-state index is 0.0812. The van der Waals surface area contributed by atoms with Crippen molar-refractivity contribution >= 4 is 27.5 Å². The van der Waals surface area contributed by atoms with Gasteiger partial charge in [0.05, 0.1) is 11.9 Å². The van der Waals surface area contributed by atoms with E-state index in [9.17, 15) is 18.0 Å². The smallest absolute Gasteiger partial charge is 0.244 e. The molecule has 0 bridgehead atoms. The number of carbonyl (C=O) groups is 2. The highest BCUT2D eigenvalue weighted by Gasteiger charge is 2.32. The van der Waals surface area contributed by atoms with Gasteiger partial charge in [-0.15, -0.1) is 0 Å². The van der Waals surface area contributed by atoms with E-state index in [0.29, 0.717) is 12.1 Å². The number of nitrogens with one attached hydrogen (secondary N) is 1. The molecule has 0 aliphatic carbocycles. The van der Waals surface area contributed by atoms with Crippen molar-refractivity contribution in [2.45, 2.75) is 59.7 Å². The molecule has 0 fully saturated rings.